The van der Waals surface area contributed by atoms with Gasteiger partial charge >= 0.3 is 6.18 Å². The summed E-state index contributed by atoms with van der Waals surface area (Å²) in [7, 11) is 0. The van der Waals surface area contributed by atoms with Crippen molar-refractivity contribution >= 4 is 11.3 Å². The van der Waals surface area contributed by atoms with Gasteiger partial charge in [0.05, 0.1) is 12.6 Å². The van der Waals surface area contributed by atoms with Crippen LogP contribution in [0.1, 0.15) is 15.8 Å². The highest BCUT2D eigenvalue weighted by Gasteiger charge is 2.28. The summed E-state index contributed by atoms with van der Waals surface area (Å²) >= 11 is 1.47. The molecule has 0 saturated carbocycles. The van der Waals surface area contributed by atoms with Crippen LogP contribution in [0.5, 0.6) is 0 Å². The number of hydrogen-bond acceptors (Lipinski definition) is 4. The first-order valence-corrected chi connectivity index (χ1v) is 5.41. The quantitative estimate of drug-likeness (QED) is 0.625. The molecule has 7 heteroatoms. The van der Waals surface area contributed by atoms with E-state index in [1.165, 1.54) is 11.3 Å². The maximum atomic E-state index is 11.8. The maximum Gasteiger partial charge on any atom is 0.411 e. The number of halogens is 3. The number of alkyl halides is 3. The highest BCUT2D eigenvalue weighted by Crippen LogP contribution is 2.23. The van der Waals surface area contributed by atoms with Gasteiger partial charge in [0.2, 0.25) is 0 Å². The molecule has 92 valence electrons. The molecule has 16 heavy (non-hydrogen) atoms. The van der Waals surface area contributed by atoms with E-state index < -0.39 is 18.8 Å². The van der Waals surface area contributed by atoms with Crippen LogP contribution in [0.3, 0.4) is 0 Å². The predicted octanol–water partition coefficient (Wildman–Crippen LogP) is 2.14. The zero-order valence-electron chi connectivity index (χ0n) is 8.67. The number of aryl methyl sites for hydroxylation is 1. The first kappa shape index (κ1) is 13.4. The molecule has 0 aliphatic carbocycles. The summed E-state index contributed by atoms with van der Waals surface area (Å²) in [5, 5.41) is 0. The van der Waals surface area contributed by atoms with Gasteiger partial charge in [-0.15, -0.1) is 11.3 Å². The van der Waals surface area contributed by atoms with Crippen molar-refractivity contribution in [3.05, 3.63) is 21.9 Å². The highest BCUT2D eigenvalue weighted by atomic mass is 32.1. The fraction of sp³-hybridized carbons (Fsp3) is 0.556. The van der Waals surface area contributed by atoms with E-state index in [0.717, 1.165) is 9.75 Å². The molecule has 0 aliphatic rings. The number of nitrogens with two attached hydrogens (primary N) is 1. The van der Waals surface area contributed by atoms with Gasteiger partial charge in [-0.3, -0.25) is 5.84 Å². The number of ether oxygens (including phenoxy) is 1. The van der Waals surface area contributed by atoms with Crippen LogP contribution in [0.4, 0.5) is 13.2 Å². The van der Waals surface area contributed by atoms with E-state index in [0.29, 0.717) is 0 Å². The van der Waals surface area contributed by atoms with Gasteiger partial charge in [0.15, 0.2) is 0 Å². The highest BCUT2D eigenvalue weighted by molar-refractivity contribution is 7.12. The number of rotatable bonds is 5. The maximum absolute atomic E-state index is 11.8. The Hall–Kier alpha value is -0.630. The van der Waals surface area contributed by atoms with Crippen LogP contribution in [-0.2, 0) is 4.74 Å². The monoisotopic (exact) mass is 254 g/mol. The number of nitrogens with one attached hydrogen (secondary N) is 1. The van der Waals surface area contributed by atoms with E-state index in [1.54, 1.807) is 0 Å². The molecule has 1 aromatic rings. The zero-order valence-corrected chi connectivity index (χ0v) is 9.49. The number of thiophene rings is 1. The Labute approximate surface area is 95.4 Å². The Morgan fingerprint density at radius 3 is 2.62 bits per heavy atom. The van der Waals surface area contributed by atoms with Crippen LogP contribution in [0.15, 0.2) is 12.1 Å². The van der Waals surface area contributed by atoms with Gasteiger partial charge in [0.1, 0.15) is 6.61 Å². The molecule has 0 fully saturated rings. The molecule has 3 N–H and O–H groups in total. The topological polar surface area (TPSA) is 47.3 Å². The average Bonchev–Trinajstić information content (AvgIpc) is 2.58. The van der Waals surface area contributed by atoms with Crippen molar-refractivity contribution < 1.29 is 17.9 Å². The lowest BCUT2D eigenvalue weighted by molar-refractivity contribution is -0.175. The molecule has 1 unspecified atom stereocenters. The van der Waals surface area contributed by atoms with Crippen molar-refractivity contribution in [3.8, 4) is 0 Å². The summed E-state index contributed by atoms with van der Waals surface area (Å²) in [6.07, 6.45) is -4.30. The first-order valence-electron chi connectivity index (χ1n) is 4.59. The SMILES string of the molecule is Cc1ccc(C(COCC(F)(F)F)NN)s1. The van der Waals surface area contributed by atoms with Crippen molar-refractivity contribution in [2.24, 2.45) is 5.84 Å². The molecule has 1 aromatic heterocycles. The fourth-order valence-corrected chi connectivity index (χ4v) is 2.07. The van der Waals surface area contributed by atoms with Crippen LogP contribution >= 0.6 is 11.3 Å². The third kappa shape index (κ3) is 4.48. The molecule has 1 heterocycles. The predicted molar refractivity (Wildman–Crippen MR) is 56.0 cm³/mol. The second kappa shape index (κ2) is 5.62. The molecule has 0 aromatic carbocycles. The van der Waals surface area contributed by atoms with Crippen molar-refractivity contribution in [2.75, 3.05) is 13.2 Å². The van der Waals surface area contributed by atoms with E-state index >= 15 is 0 Å². The molecule has 1 atom stereocenters. The molecular formula is C9H13F3N2OS. The van der Waals surface area contributed by atoms with Gasteiger partial charge in [-0.05, 0) is 19.1 Å². The molecule has 3 nitrogen and oxygen atoms in total. The van der Waals surface area contributed by atoms with Crippen LogP contribution in [-0.4, -0.2) is 19.4 Å². The standard InChI is InChI=1S/C9H13F3N2OS/c1-6-2-3-8(16-6)7(14-13)4-15-5-9(10,11)12/h2-3,7,14H,4-5,13H2,1H3. The second-order valence-electron chi connectivity index (χ2n) is 3.30. The number of hydrogen-bond donors (Lipinski definition) is 2. The summed E-state index contributed by atoms with van der Waals surface area (Å²) in [4.78, 5) is 1.94. The number of hydrazine groups is 1. The smallest absolute Gasteiger partial charge is 0.370 e. The summed E-state index contributed by atoms with van der Waals surface area (Å²) in [6.45, 7) is 0.559. The van der Waals surface area contributed by atoms with E-state index in [-0.39, 0.29) is 6.61 Å². The average molecular weight is 254 g/mol. The Bertz CT molecular complexity index is 327. The van der Waals surface area contributed by atoms with E-state index in [1.807, 2.05) is 19.1 Å². The Balaban J connectivity index is 2.44. The van der Waals surface area contributed by atoms with Gasteiger partial charge < -0.3 is 4.74 Å². The minimum Gasteiger partial charge on any atom is -0.370 e. The molecule has 0 amide bonds. The largest absolute Gasteiger partial charge is 0.411 e. The second-order valence-corrected chi connectivity index (χ2v) is 4.62. The lowest BCUT2D eigenvalue weighted by atomic mass is 10.2. The van der Waals surface area contributed by atoms with E-state index in [2.05, 4.69) is 10.2 Å². The van der Waals surface area contributed by atoms with Crippen molar-refractivity contribution in [1.29, 1.82) is 0 Å². The van der Waals surface area contributed by atoms with Gasteiger partial charge in [-0.2, -0.15) is 13.2 Å². The van der Waals surface area contributed by atoms with Crippen LogP contribution < -0.4 is 11.3 Å². The summed E-state index contributed by atoms with van der Waals surface area (Å²) < 4.78 is 40.1. The van der Waals surface area contributed by atoms with E-state index in [4.69, 9.17) is 5.84 Å². The molecule has 1 rings (SSSR count). The minimum atomic E-state index is -4.30. The minimum absolute atomic E-state index is 0.101. The van der Waals surface area contributed by atoms with Crippen molar-refractivity contribution in [3.63, 3.8) is 0 Å². The van der Waals surface area contributed by atoms with Crippen molar-refractivity contribution in [1.82, 2.24) is 5.43 Å². The molecule has 0 radical (unpaired) electrons. The summed E-state index contributed by atoms with van der Waals surface area (Å²) in [5.74, 6) is 5.26. The van der Waals surface area contributed by atoms with Gasteiger partial charge in [-0.1, -0.05) is 0 Å². The lowest BCUT2D eigenvalue weighted by Gasteiger charge is -2.15. The third-order valence-corrected chi connectivity index (χ3v) is 2.97. The lowest BCUT2D eigenvalue weighted by Crippen LogP contribution is -2.32. The normalized spacial score (nSPS) is 14.1. The molecular weight excluding hydrogens is 241 g/mol. The fourth-order valence-electron chi connectivity index (χ4n) is 1.15. The van der Waals surface area contributed by atoms with E-state index in [9.17, 15) is 13.2 Å². The van der Waals surface area contributed by atoms with Crippen LogP contribution in [0, 0.1) is 6.92 Å². The summed E-state index contributed by atoms with van der Waals surface area (Å²) in [5.41, 5.74) is 2.44. The van der Waals surface area contributed by atoms with Gasteiger partial charge in [-0.25, -0.2) is 5.43 Å². The molecule has 0 aliphatic heterocycles. The van der Waals surface area contributed by atoms with Crippen LogP contribution in [0.25, 0.3) is 0 Å². The van der Waals surface area contributed by atoms with Gasteiger partial charge in [0, 0.05) is 9.75 Å². The summed E-state index contributed by atoms with van der Waals surface area (Å²) in [6, 6.07) is 3.30. The van der Waals surface area contributed by atoms with Gasteiger partial charge in [0.25, 0.3) is 0 Å². The zero-order chi connectivity index (χ0) is 12.2. The van der Waals surface area contributed by atoms with Crippen LogP contribution in [0.2, 0.25) is 0 Å². The Kier molecular flexibility index (Phi) is 4.72. The molecule has 0 saturated heterocycles. The van der Waals surface area contributed by atoms with Crippen molar-refractivity contribution in [2.45, 2.75) is 19.1 Å². The molecule has 0 spiro atoms. The first-order chi connectivity index (χ1) is 7.42. The third-order valence-electron chi connectivity index (χ3n) is 1.86. The Morgan fingerprint density at radius 1 is 1.50 bits per heavy atom. The Morgan fingerprint density at radius 2 is 2.19 bits per heavy atom. The molecule has 0 bridgehead atoms.